The van der Waals surface area contributed by atoms with Crippen molar-refractivity contribution < 1.29 is 9.13 Å². The summed E-state index contributed by atoms with van der Waals surface area (Å²) in [6.45, 7) is 6.03. The molecule has 144 valence electrons. The summed E-state index contributed by atoms with van der Waals surface area (Å²) in [5, 5.41) is 14.4. The van der Waals surface area contributed by atoms with Gasteiger partial charge in [0.05, 0.1) is 6.54 Å². The molecule has 0 aliphatic carbocycles. The molecule has 2 aromatic rings. The zero-order valence-corrected chi connectivity index (χ0v) is 17.6. The van der Waals surface area contributed by atoms with Crippen LogP contribution in [0.1, 0.15) is 19.7 Å². The van der Waals surface area contributed by atoms with Gasteiger partial charge >= 0.3 is 0 Å². The van der Waals surface area contributed by atoms with Crippen molar-refractivity contribution in [2.24, 2.45) is 4.99 Å². The molecule has 1 atom stereocenters. The highest BCUT2D eigenvalue weighted by atomic mass is 127. The summed E-state index contributed by atoms with van der Waals surface area (Å²) < 4.78 is 20.6. The number of halogens is 2. The fourth-order valence-corrected chi connectivity index (χ4v) is 2.28. The van der Waals surface area contributed by atoms with E-state index in [2.05, 4.69) is 32.7 Å². The number of nitrogens with zero attached hydrogens (tertiary/aromatic N) is 4. The Morgan fingerprint density at radius 3 is 2.69 bits per heavy atom. The topological polar surface area (TPSA) is 76.4 Å². The number of ether oxygens (including phenoxy) is 1. The molecule has 0 spiro atoms. The molecule has 26 heavy (non-hydrogen) atoms. The molecule has 1 aromatic heterocycles. The standard InChI is InChI=1S/C17H25FN6O.HI/c1-4-16-23-22-12-24(16)10-9-20-17(19-3)21-11-13(2)25-15-7-5-14(18)6-8-15;/h5-8,12-13H,4,9-11H2,1-3H3,(H2,19,20,21);1H. The molecule has 1 unspecified atom stereocenters. The van der Waals surface area contributed by atoms with E-state index in [1.165, 1.54) is 12.1 Å². The fourth-order valence-electron chi connectivity index (χ4n) is 2.28. The number of aliphatic imine (C=N–C) groups is 1. The van der Waals surface area contributed by atoms with Crippen LogP contribution < -0.4 is 15.4 Å². The monoisotopic (exact) mass is 476 g/mol. The van der Waals surface area contributed by atoms with E-state index < -0.39 is 0 Å². The lowest BCUT2D eigenvalue weighted by Crippen LogP contribution is -2.42. The van der Waals surface area contributed by atoms with Crippen molar-refractivity contribution in [2.75, 3.05) is 20.1 Å². The number of aryl methyl sites for hydroxylation is 1. The summed E-state index contributed by atoms with van der Waals surface area (Å²) in [6.07, 6.45) is 2.49. The van der Waals surface area contributed by atoms with Gasteiger partial charge in [-0.3, -0.25) is 4.99 Å². The van der Waals surface area contributed by atoms with Crippen molar-refractivity contribution in [2.45, 2.75) is 32.9 Å². The van der Waals surface area contributed by atoms with Crippen LogP contribution in [0.5, 0.6) is 5.75 Å². The second kappa shape index (κ2) is 11.7. The molecule has 1 heterocycles. The van der Waals surface area contributed by atoms with E-state index >= 15 is 0 Å². The quantitative estimate of drug-likeness (QED) is 0.347. The van der Waals surface area contributed by atoms with E-state index in [0.29, 0.717) is 24.8 Å². The molecule has 0 radical (unpaired) electrons. The molecule has 2 N–H and O–H groups in total. The number of benzene rings is 1. The predicted molar refractivity (Wildman–Crippen MR) is 111 cm³/mol. The second-order valence-corrected chi connectivity index (χ2v) is 5.56. The molecule has 0 fully saturated rings. The largest absolute Gasteiger partial charge is 0.489 e. The average Bonchev–Trinajstić information content (AvgIpc) is 3.07. The zero-order valence-electron chi connectivity index (χ0n) is 15.3. The van der Waals surface area contributed by atoms with E-state index in [1.54, 1.807) is 25.5 Å². The van der Waals surface area contributed by atoms with Crippen LogP contribution in [0.3, 0.4) is 0 Å². The number of guanidine groups is 1. The highest BCUT2D eigenvalue weighted by Crippen LogP contribution is 2.12. The third-order valence-corrected chi connectivity index (χ3v) is 3.59. The van der Waals surface area contributed by atoms with Crippen molar-refractivity contribution in [3.8, 4) is 5.75 Å². The van der Waals surface area contributed by atoms with Crippen molar-refractivity contribution in [3.63, 3.8) is 0 Å². The molecule has 0 bridgehead atoms. The summed E-state index contributed by atoms with van der Waals surface area (Å²) in [7, 11) is 1.72. The summed E-state index contributed by atoms with van der Waals surface area (Å²) in [6, 6.07) is 5.99. The molecule has 0 aliphatic rings. The average molecular weight is 476 g/mol. The normalized spacial score (nSPS) is 12.2. The van der Waals surface area contributed by atoms with E-state index in [0.717, 1.165) is 18.8 Å². The molecule has 0 amide bonds. The molecule has 0 saturated heterocycles. The van der Waals surface area contributed by atoms with Gasteiger partial charge in [-0.05, 0) is 31.2 Å². The molecule has 2 rings (SSSR count). The molecular formula is C17H26FIN6O. The van der Waals surface area contributed by atoms with Gasteiger partial charge in [0.25, 0.3) is 0 Å². The van der Waals surface area contributed by atoms with Gasteiger partial charge in [-0.2, -0.15) is 0 Å². The predicted octanol–water partition coefficient (Wildman–Crippen LogP) is 2.23. The third kappa shape index (κ3) is 7.14. The first kappa shape index (κ1) is 22.1. The molecule has 0 saturated carbocycles. The number of aromatic nitrogens is 3. The van der Waals surface area contributed by atoms with Crippen molar-refractivity contribution >= 4 is 29.9 Å². The lowest BCUT2D eigenvalue weighted by Gasteiger charge is -2.18. The van der Waals surface area contributed by atoms with Gasteiger partial charge < -0.3 is 19.9 Å². The highest BCUT2D eigenvalue weighted by Gasteiger charge is 2.06. The van der Waals surface area contributed by atoms with Gasteiger partial charge in [0.15, 0.2) is 5.96 Å². The van der Waals surface area contributed by atoms with Crippen molar-refractivity contribution in [1.29, 1.82) is 0 Å². The first-order valence-corrected chi connectivity index (χ1v) is 8.35. The van der Waals surface area contributed by atoms with E-state index in [9.17, 15) is 4.39 Å². The Hall–Kier alpha value is -1.91. The summed E-state index contributed by atoms with van der Waals surface area (Å²) in [5.41, 5.74) is 0. The Balaban J connectivity index is 0.00000338. The molecule has 1 aromatic carbocycles. The number of nitrogens with one attached hydrogen (secondary N) is 2. The SMILES string of the molecule is CCc1nncn1CCNC(=NC)NCC(C)Oc1ccc(F)cc1.I. The minimum Gasteiger partial charge on any atom is -0.489 e. The number of hydrogen-bond donors (Lipinski definition) is 2. The van der Waals surface area contributed by atoms with Gasteiger partial charge in [0, 0.05) is 26.6 Å². The van der Waals surface area contributed by atoms with Crippen molar-refractivity contribution in [1.82, 2.24) is 25.4 Å². The summed E-state index contributed by atoms with van der Waals surface area (Å²) in [5.74, 6) is 2.02. The lowest BCUT2D eigenvalue weighted by atomic mass is 10.3. The maximum Gasteiger partial charge on any atom is 0.191 e. The Labute approximate surface area is 170 Å². The van der Waals surface area contributed by atoms with Gasteiger partial charge in [0.2, 0.25) is 0 Å². The van der Waals surface area contributed by atoms with Gasteiger partial charge in [-0.1, -0.05) is 6.92 Å². The van der Waals surface area contributed by atoms with Crippen LogP contribution in [0.25, 0.3) is 0 Å². The highest BCUT2D eigenvalue weighted by molar-refractivity contribution is 14.0. The van der Waals surface area contributed by atoms with Gasteiger partial charge in [-0.15, -0.1) is 34.2 Å². The lowest BCUT2D eigenvalue weighted by molar-refractivity contribution is 0.223. The van der Waals surface area contributed by atoms with E-state index in [1.807, 2.05) is 11.5 Å². The molecule has 0 aliphatic heterocycles. The Bertz CT molecular complexity index is 676. The van der Waals surface area contributed by atoms with Gasteiger partial charge in [0.1, 0.15) is 29.8 Å². The van der Waals surface area contributed by atoms with Crippen LogP contribution in [-0.4, -0.2) is 47.0 Å². The molecule has 9 heteroatoms. The van der Waals surface area contributed by atoms with E-state index in [-0.39, 0.29) is 35.9 Å². The fraction of sp³-hybridized carbons (Fsp3) is 0.471. The first-order chi connectivity index (χ1) is 12.1. The first-order valence-electron chi connectivity index (χ1n) is 8.35. The second-order valence-electron chi connectivity index (χ2n) is 5.56. The van der Waals surface area contributed by atoms with Crippen LogP contribution in [-0.2, 0) is 13.0 Å². The van der Waals surface area contributed by atoms with Crippen LogP contribution >= 0.6 is 24.0 Å². The zero-order chi connectivity index (χ0) is 18.1. The smallest absolute Gasteiger partial charge is 0.191 e. The summed E-state index contributed by atoms with van der Waals surface area (Å²) in [4.78, 5) is 4.19. The molecule has 7 nitrogen and oxygen atoms in total. The minimum atomic E-state index is -0.276. The molecular weight excluding hydrogens is 450 g/mol. The van der Waals surface area contributed by atoms with Gasteiger partial charge in [-0.25, -0.2) is 4.39 Å². The van der Waals surface area contributed by atoms with Crippen molar-refractivity contribution in [3.05, 3.63) is 42.2 Å². The Kier molecular flexibility index (Phi) is 9.92. The van der Waals surface area contributed by atoms with Crippen LogP contribution in [0, 0.1) is 5.82 Å². The van der Waals surface area contributed by atoms with Crippen LogP contribution in [0.2, 0.25) is 0 Å². The minimum absolute atomic E-state index is 0. The maximum atomic E-state index is 12.9. The number of hydrogen-bond acceptors (Lipinski definition) is 4. The summed E-state index contributed by atoms with van der Waals surface area (Å²) >= 11 is 0. The Morgan fingerprint density at radius 2 is 2.04 bits per heavy atom. The Morgan fingerprint density at radius 1 is 1.31 bits per heavy atom. The van der Waals surface area contributed by atoms with Crippen LogP contribution in [0.15, 0.2) is 35.6 Å². The van der Waals surface area contributed by atoms with Crippen LogP contribution in [0.4, 0.5) is 4.39 Å². The van der Waals surface area contributed by atoms with E-state index in [4.69, 9.17) is 4.74 Å². The maximum absolute atomic E-state index is 12.9. The number of rotatable bonds is 8. The third-order valence-electron chi connectivity index (χ3n) is 3.59.